The van der Waals surface area contributed by atoms with Crippen LogP contribution in [0.3, 0.4) is 0 Å². The van der Waals surface area contributed by atoms with Crippen molar-refractivity contribution in [1.29, 1.82) is 0 Å². The predicted octanol–water partition coefficient (Wildman–Crippen LogP) is 2.04. The predicted molar refractivity (Wildman–Crippen MR) is 89.4 cm³/mol. The van der Waals surface area contributed by atoms with Gasteiger partial charge in [-0.1, -0.05) is 42.4 Å². The van der Waals surface area contributed by atoms with Gasteiger partial charge in [-0.2, -0.15) is 4.98 Å². The maximum atomic E-state index is 11.9. The smallest absolute Gasteiger partial charge is 0.315 e. The van der Waals surface area contributed by atoms with Crippen molar-refractivity contribution in [3.8, 4) is 0 Å². The van der Waals surface area contributed by atoms with E-state index in [1.807, 2.05) is 37.3 Å². The lowest BCUT2D eigenvalue weighted by Crippen LogP contribution is -2.39. The van der Waals surface area contributed by atoms with Crippen LogP contribution < -0.4 is 10.6 Å². The third-order valence-corrected chi connectivity index (χ3v) is 3.65. The molecule has 2 atom stereocenters. The number of urea groups is 1. The molecule has 0 bridgehead atoms. The van der Waals surface area contributed by atoms with Crippen LogP contribution in [-0.4, -0.2) is 34.4 Å². The molecule has 2 rings (SSSR count). The second-order valence-electron chi connectivity index (χ2n) is 5.90. The summed E-state index contributed by atoms with van der Waals surface area (Å²) in [4.78, 5) is 16.2. The van der Waals surface area contributed by atoms with Crippen LogP contribution in [0, 0.1) is 5.92 Å². The summed E-state index contributed by atoms with van der Waals surface area (Å²) in [5, 5.41) is 18.3. The summed E-state index contributed by atoms with van der Waals surface area (Å²) in [6.45, 7) is 4.39. The second kappa shape index (κ2) is 9.02. The molecule has 1 heterocycles. The van der Waals surface area contributed by atoms with Gasteiger partial charge in [0.25, 0.3) is 0 Å². The zero-order valence-electron chi connectivity index (χ0n) is 14.0. The van der Waals surface area contributed by atoms with Gasteiger partial charge < -0.3 is 20.3 Å². The molecule has 0 aliphatic heterocycles. The minimum Gasteiger partial charge on any atom is -0.396 e. The van der Waals surface area contributed by atoms with E-state index >= 15 is 0 Å². The Morgan fingerprint density at radius 1 is 1.29 bits per heavy atom. The quantitative estimate of drug-likeness (QED) is 0.687. The number of hydrogen-bond donors (Lipinski definition) is 3. The number of hydrogen-bond acceptors (Lipinski definition) is 5. The minimum absolute atomic E-state index is 0.119. The van der Waals surface area contributed by atoms with Crippen molar-refractivity contribution < 1.29 is 14.4 Å². The summed E-state index contributed by atoms with van der Waals surface area (Å²) in [5.74, 6) is 1.18. The largest absolute Gasteiger partial charge is 0.396 e. The second-order valence-corrected chi connectivity index (χ2v) is 5.90. The van der Waals surface area contributed by atoms with Gasteiger partial charge in [0, 0.05) is 13.2 Å². The highest BCUT2D eigenvalue weighted by Gasteiger charge is 2.16. The Labute approximate surface area is 141 Å². The molecule has 7 nitrogen and oxygen atoms in total. The Hall–Kier alpha value is -2.41. The fraction of sp³-hybridized carbons (Fsp3) is 0.471. The van der Waals surface area contributed by atoms with E-state index in [0.29, 0.717) is 31.1 Å². The van der Waals surface area contributed by atoms with E-state index in [4.69, 9.17) is 9.63 Å². The number of aliphatic hydroxyl groups is 1. The molecule has 1 aromatic heterocycles. The lowest BCUT2D eigenvalue weighted by atomic mass is 10.1. The molecule has 0 aliphatic rings. The summed E-state index contributed by atoms with van der Waals surface area (Å²) in [7, 11) is 0. The van der Waals surface area contributed by atoms with Crippen molar-refractivity contribution in [2.24, 2.45) is 5.92 Å². The third-order valence-electron chi connectivity index (χ3n) is 3.65. The van der Waals surface area contributed by atoms with Gasteiger partial charge in [-0.25, -0.2) is 4.79 Å². The summed E-state index contributed by atoms with van der Waals surface area (Å²) in [6.07, 6.45) is 1.22. The van der Waals surface area contributed by atoms with E-state index in [1.165, 1.54) is 0 Å². The van der Waals surface area contributed by atoms with Crippen molar-refractivity contribution in [1.82, 2.24) is 20.8 Å². The molecule has 2 unspecified atom stereocenters. The van der Waals surface area contributed by atoms with Crippen molar-refractivity contribution in [2.75, 3.05) is 13.2 Å². The zero-order chi connectivity index (χ0) is 17.4. The lowest BCUT2D eigenvalue weighted by Gasteiger charge is -2.14. The number of rotatable bonds is 8. The molecule has 130 valence electrons. The average molecular weight is 332 g/mol. The molecule has 2 aromatic rings. The molecule has 0 fully saturated rings. The maximum absolute atomic E-state index is 11.9. The van der Waals surface area contributed by atoms with E-state index in [0.717, 1.165) is 5.56 Å². The van der Waals surface area contributed by atoms with Crippen molar-refractivity contribution in [2.45, 2.75) is 32.7 Å². The summed E-state index contributed by atoms with van der Waals surface area (Å²) < 4.78 is 5.24. The summed E-state index contributed by atoms with van der Waals surface area (Å²) in [6, 6.07) is 9.21. The third kappa shape index (κ3) is 5.66. The van der Waals surface area contributed by atoms with Crippen LogP contribution >= 0.6 is 0 Å². The number of amides is 2. The van der Waals surface area contributed by atoms with Gasteiger partial charge in [0.05, 0.1) is 12.5 Å². The number of carbonyl (C=O) groups is 1. The number of nitrogens with zero attached hydrogens (tertiary/aromatic N) is 2. The molecule has 0 aliphatic carbocycles. The molecule has 24 heavy (non-hydrogen) atoms. The van der Waals surface area contributed by atoms with E-state index < -0.39 is 0 Å². The fourth-order valence-corrected chi connectivity index (χ4v) is 2.19. The first-order valence-corrected chi connectivity index (χ1v) is 8.10. The Bertz CT molecular complexity index is 630. The highest BCUT2D eigenvalue weighted by atomic mass is 16.5. The van der Waals surface area contributed by atoms with E-state index in [9.17, 15) is 4.79 Å². The first kappa shape index (κ1) is 17.9. The molecular formula is C17H24N4O3. The minimum atomic E-state index is -0.355. The van der Waals surface area contributed by atoms with Crippen LogP contribution in [-0.2, 0) is 6.42 Å². The zero-order valence-corrected chi connectivity index (χ0v) is 14.0. The molecular weight excluding hydrogens is 308 g/mol. The van der Waals surface area contributed by atoms with E-state index in [2.05, 4.69) is 20.8 Å². The monoisotopic (exact) mass is 332 g/mol. The van der Waals surface area contributed by atoms with Gasteiger partial charge >= 0.3 is 6.03 Å². The maximum Gasteiger partial charge on any atom is 0.315 e. The fourth-order valence-electron chi connectivity index (χ4n) is 2.19. The lowest BCUT2D eigenvalue weighted by molar-refractivity contribution is 0.230. The van der Waals surface area contributed by atoms with Gasteiger partial charge in [0.2, 0.25) is 5.89 Å². The van der Waals surface area contributed by atoms with Crippen LogP contribution in [0.25, 0.3) is 0 Å². The van der Waals surface area contributed by atoms with Crippen LogP contribution in [0.5, 0.6) is 0 Å². The van der Waals surface area contributed by atoms with Gasteiger partial charge in [0.1, 0.15) is 0 Å². The summed E-state index contributed by atoms with van der Waals surface area (Å²) in [5.41, 5.74) is 1.09. The van der Waals surface area contributed by atoms with Crippen LogP contribution in [0.15, 0.2) is 34.9 Å². The highest BCUT2D eigenvalue weighted by Crippen LogP contribution is 2.11. The SMILES string of the molecule is CC(CCO)CNC(=O)NC(C)c1noc(Cc2ccccc2)n1. The standard InChI is InChI=1S/C17H24N4O3/c1-12(8-9-22)11-18-17(23)19-13(2)16-20-15(24-21-16)10-14-6-4-3-5-7-14/h3-7,12-13,22H,8-11H2,1-2H3,(H2,18,19,23). The van der Waals surface area contributed by atoms with Crippen molar-refractivity contribution in [3.05, 3.63) is 47.6 Å². The Morgan fingerprint density at radius 3 is 2.75 bits per heavy atom. The van der Waals surface area contributed by atoms with E-state index in [1.54, 1.807) is 6.92 Å². The molecule has 0 saturated carbocycles. The van der Waals surface area contributed by atoms with Crippen molar-refractivity contribution >= 4 is 6.03 Å². The molecule has 1 aromatic carbocycles. The molecule has 0 radical (unpaired) electrons. The molecule has 0 saturated heterocycles. The Morgan fingerprint density at radius 2 is 2.04 bits per heavy atom. The molecule has 0 spiro atoms. The van der Waals surface area contributed by atoms with Gasteiger partial charge in [0.15, 0.2) is 5.82 Å². The first-order chi connectivity index (χ1) is 11.6. The molecule has 3 N–H and O–H groups in total. The van der Waals surface area contributed by atoms with E-state index in [-0.39, 0.29) is 24.6 Å². The van der Waals surface area contributed by atoms with Crippen LogP contribution in [0.4, 0.5) is 4.79 Å². The molecule has 2 amide bonds. The normalized spacial score (nSPS) is 13.3. The van der Waals surface area contributed by atoms with Gasteiger partial charge in [-0.3, -0.25) is 0 Å². The highest BCUT2D eigenvalue weighted by molar-refractivity contribution is 5.74. The number of aromatic nitrogens is 2. The topological polar surface area (TPSA) is 100 Å². The van der Waals surface area contributed by atoms with Crippen LogP contribution in [0.1, 0.15) is 43.6 Å². The average Bonchev–Trinajstić information content (AvgIpc) is 3.03. The van der Waals surface area contributed by atoms with Gasteiger partial charge in [-0.15, -0.1) is 0 Å². The number of benzene rings is 1. The first-order valence-electron chi connectivity index (χ1n) is 8.10. The van der Waals surface area contributed by atoms with Gasteiger partial charge in [-0.05, 0) is 24.8 Å². The Balaban J connectivity index is 1.82. The Kier molecular flexibility index (Phi) is 6.74. The number of carbonyl (C=O) groups excluding carboxylic acids is 1. The summed E-state index contributed by atoms with van der Waals surface area (Å²) >= 11 is 0. The number of nitrogens with one attached hydrogen (secondary N) is 2. The van der Waals surface area contributed by atoms with Crippen LogP contribution in [0.2, 0.25) is 0 Å². The molecule has 7 heteroatoms. The number of aliphatic hydroxyl groups excluding tert-OH is 1. The van der Waals surface area contributed by atoms with Crippen molar-refractivity contribution in [3.63, 3.8) is 0 Å².